The van der Waals surface area contributed by atoms with Crippen LogP contribution in [0.5, 0.6) is 0 Å². The first-order valence-corrected chi connectivity index (χ1v) is 28.9. The summed E-state index contributed by atoms with van der Waals surface area (Å²) in [5.74, 6) is 0.433. The number of nitrogens with zero attached hydrogens (tertiary/aromatic N) is 1. The molecule has 75 heavy (non-hydrogen) atoms. The number of unbranched alkanes of at least 4 members (excludes halogenated alkanes) is 7. The third kappa shape index (κ3) is 42.3. The topological polar surface area (TPSA) is 113 Å². The van der Waals surface area contributed by atoms with Crippen LogP contribution in [-0.2, 0) is 38.0 Å². The maximum Gasteiger partial charge on any atom is 0.305 e. The second-order valence-electron chi connectivity index (χ2n) is 22.3. The summed E-state index contributed by atoms with van der Waals surface area (Å²) < 4.78 is 36.6. The van der Waals surface area contributed by atoms with Crippen LogP contribution in [0.15, 0.2) is 97.2 Å². The van der Waals surface area contributed by atoms with Crippen molar-refractivity contribution in [3.8, 4) is 0 Å². The van der Waals surface area contributed by atoms with Gasteiger partial charge in [0.05, 0.1) is 52.5 Å². The third-order valence-corrected chi connectivity index (χ3v) is 14.0. The molecule has 5 unspecified atom stereocenters. The first-order chi connectivity index (χ1) is 35.6. The van der Waals surface area contributed by atoms with E-state index in [1.54, 1.807) is 0 Å². The van der Waals surface area contributed by atoms with Crippen LogP contribution in [0.1, 0.15) is 203 Å². The smallest absolute Gasteiger partial charge is 0.305 e. The van der Waals surface area contributed by atoms with E-state index in [0.29, 0.717) is 58.4 Å². The molecule has 0 rings (SSSR count). The second kappa shape index (κ2) is 45.6. The van der Waals surface area contributed by atoms with Crippen LogP contribution < -0.4 is 0 Å². The van der Waals surface area contributed by atoms with Gasteiger partial charge in [0.15, 0.2) is 12.6 Å². The molecule has 10 heteroatoms. The zero-order valence-corrected chi connectivity index (χ0v) is 49.6. The summed E-state index contributed by atoms with van der Waals surface area (Å²) in [7, 11) is 0. The maximum atomic E-state index is 12.9. The van der Waals surface area contributed by atoms with Crippen molar-refractivity contribution in [1.29, 1.82) is 0 Å². The van der Waals surface area contributed by atoms with Gasteiger partial charge in [-0.25, -0.2) is 0 Å². The van der Waals surface area contributed by atoms with Crippen LogP contribution in [0.25, 0.3) is 0 Å². The molecule has 0 aliphatic carbocycles. The summed E-state index contributed by atoms with van der Waals surface area (Å²) in [5.41, 5.74) is 8.92. The van der Waals surface area contributed by atoms with Crippen molar-refractivity contribution in [2.24, 2.45) is 23.7 Å². The van der Waals surface area contributed by atoms with Crippen molar-refractivity contribution in [2.45, 2.75) is 216 Å². The van der Waals surface area contributed by atoms with Crippen LogP contribution in [0.4, 0.5) is 0 Å². The van der Waals surface area contributed by atoms with Gasteiger partial charge < -0.3 is 38.4 Å². The van der Waals surface area contributed by atoms with E-state index >= 15 is 0 Å². The minimum atomic E-state index is -0.533. The molecule has 0 aliphatic rings. The highest BCUT2D eigenvalue weighted by atomic mass is 16.7. The normalized spacial score (nSPS) is 13.8. The van der Waals surface area contributed by atoms with E-state index in [0.717, 1.165) is 181 Å². The molecule has 5 atom stereocenters. The molecule has 0 aliphatic heterocycles. The molecule has 432 valence electrons. The van der Waals surface area contributed by atoms with Gasteiger partial charge in [0, 0.05) is 37.2 Å². The third-order valence-electron chi connectivity index (χ3n) is 14.0. The molecule has 0 fully saturated rings. The Hall–Kier alpha value is -3.38. The van der Waals surface area contributed by atoms with E-state index < -0.39 is 12.6 Å². The zero-order valence-electron chi connectivity index (χ0n) is 49.6. The Labute approximate surface area is 460 Å². The number of carbonyl (C=O) groups excluding carboxylic acids is 2. The van der Waals surface area contributed by atoms with Crippen LogP contribution >= 0.6 is 0 Å². The molecular weight excluding hydrogens is 939 g/mol. The van der Waals surface area contributed by atoms with Gasteiger partial charge in [0.25, 0.3) is 0 Å². The fourth-order valence-electron chi connectivity index (χ4n) is 8.53. The Bertz CT molecular complexity index is 1620. The quantitative estimate of drug-likeness (QED) is 0.0273. The predicted octanol–water partition coefficient (Wildman–Crippen LogP) is 16.1. The van der Waals surface area contributed by atoms with Crippen molar-refractivity contribution >= 4 is 11.9 Å². The SMILES string of the molecule is C=C(C)CCC(CCOC(CCC(=O)OCCCCCCN(CCCCO)CCCCCCOC(=O)CCC(OCC(CCC(=C)C)C(=C)C)OCC(CCC(=C)C)C(=C)C)OCC(CCC(=C)C)C(=C)C)C(=C)C. The van der Waals surface area contributed by atoms with E-state index in [1.165, 1.54) is 5.57 Å². The van der Waals surface area contributed by atoms with Gasteiger partial charge in [0.2, 0.25) is 0 Å². The van der Waals surface area contributed by atoms with Crippen molar-refractivity contribution in [2.75, 3.05) is 65.9 Å². The fraction of sp³-hybridized carbons (Fsp3) is 0.723. The highest BCUT2D eigenvalue weighted by molar-refractivity contribution is 5.69. The maximum absolute atomic E-state index is 12.9. The summed E-state index contributed by atoms with van der Waals surface area (Å²) >= 11 is 0. The van der Waals surface area contributed by atoms with Crippen LogP contribution in [0, 0.1) is 23.7 Å². The summed E-state index contributed by atoms with van der Waals surface area (Å²) in [6, 6.07) is 0. The Morgan fingerprint density at radius 1 is 0.373 bits per heavy atom. The number of aliphatic hydroxyl groups excluding tert-OH is 1. The van der Waals surface area contributed by atoms with E-state index in [4.69, 9.17) is 28.4 Å². The van der Waals surface area contributed by atoms with Gasteiger partial charge in [-0.15, -0.1) is 26.3 Å². The lowest BCUT2D eigenvalue weighted by atomic mass is 9.92. The van der Waals surface area contributed by atoms with Gasteiger partial charge in [-0.3, -0.25) is 9.59 Å². The largest absolute Gasteiger partial charge is 0.466 e. The van der Waals surface area contributed by atoms with Crippen LogP contribution in [-0.4, -0.2) is 100 Å². The lowest BCUT2D eigenvalue weighted by molar-refractivity contribution is -0.165. The molecule has 0 saturated heterocycles. The second-order valence-corrected chi connectivity index (χ2v) is 22.3. The molecule has 0 aromatic carbocycles. The monoisotopic (exact) mass is 1050 g/mol. The van der Waals surface area contributed by atoms with E-state index in [2.05, 4.69) is 71.4 Å². The van der Waals surface area contributed by atoms with Gasteiger partial charge in [-0.05, 0) is 177 Å². The lowest BCUT2D eigenvalue weighted by Gasteiger charge is -2.25. The summed E-state index contributed by atoms with van der Waals surface area (Å²) in [5, 5.41) is 9.42. The highest BCUT2D eigenvalue weighted by Gasteiger charge is 2.22. The summed E-state index contributed by atoms with van der Waals surface area (Å²) in [6.45, 7) is 55.3. The number of aliphatic hydroxyl groups is 1. The van der Waals surface area contributed by atoms with Crippen molar-refractivity contribution in [3.63, 3.8) is 0 Å². The first-order valence-electron chi connectivity index (χ1n) is 28.9. The minimum Gasteiger partial charge on any atom is -0.466 e. The number of carbonyl (C=O) groups is 2. The molecule has 0 bridgehead atoms. The molecular formula is C65H113NO9. The van der Waals surface area contributed by atoms with Crippen molar-refractivity contribution < 1.29 is 43.1 Å². The average molecular weight is 1050 g/mol. The first kappa shape index (κ1) is 71.6. The number of esters is 2. The number of allylic oxidation sites excluding steroid dienone is 5. The van der Waals surface area contributed by atoms with E-state index in [1.807, 2.05) is 41.5 Å². The fourth-order valence-corrected chi connectivity index (χ4v) is 8.53. The molecule has 0 amide bonds. The number of rotatable bonds is 53. The molecule has 0 spiro atoms. The zero-order chi connectivity index (χ0) is 56.4. The van der Waals surface area contributed by atoms with Crippen molar-refractivity contribution in [3.05, 3.63) is 97.2 Å². The van der Waals surface area contributed by atoms with Gasteiger partial charge in [-0.1, -0.05) is 96.6 Å². The van der Waals surface area contributed by atoms with Crippen LogP contribution in [0.3, 0.4) is 0 Å². The molecule has 0 radical (unpaired) electrons. The lowest BCUT2D eigenvalue weighted by Crippen LogP contribution is -2.27. The number of hydrogen-bond donors (Lipinski definition) is 1. The standard InChI is InChI=1S/C65H113NO9/c1-50(2)27-31-58(54(9)10)39-46-72-64(73-47-59(55(11)12)32-28-51(3)4)37-35-62(68)70-44-25-19-17-21-40-66(42-23-24-43-67)41-22-18-20-26-45-71-63(69)36-38-65(74-48-60(56(13)14)33-29-52(5)6)75-49-61(57(15)16)34-30-53(7)8/h58-61,64-65,67H,1,3,5,7,9,11,13,15,17-49H2,2,4,6,8,10,12,14,16H3. The van der Waals surface area contributed by atoms with Crippen molar-refractivity contribution in [1.82, 2.24) is 4.90 Å². The Morgan fingerprint density at radius 2 is 0.693 bits per heavy atom. The summed E-state index contributed by atoms with van der Waals surface area (Å²) in [6.07, 6.45) is 18.2. The highest BCUT2D eigenvalue weighted by Crippen LogP contribution is 2.26. The van der Waals surface area contributed by atoms with Gasteiger partial charge in [0.1, 0.15) is 0 Å². The molecule has 0 aromatic rings. The average Bonchev–Trinajstić information content (AvgIpc) is 3.33. The molecule has 1 N–H and O–H groups in total. The van der Waals surface area contributed by atoms with E-state index in [9.17, 15) is 14.7 Å². The predicted molar refractivity (Wildman–Crippen MR) is 315 cm³/mol. The summed E-state index contributed by atoms with van der Waals surface area (Å²) in [4.78, 5) is 28.3. The molecule has 10 nitrogen and oxygen atoms in total. The molecule has 0 heterocycles. The van der Waals surface area contributed by atoms with Crippen LogP contribution in [0.2, 0.25) is 0 Å². The molecule has 0 aromatic heterocycles. The van der Waals surface area contributed by atoms with E-state index in [-0.39, 0.29) is 49.1 Å². The molecule has 0 saturated carbocycles. The number of hydrogen-bond acceptors (Lipinski definition) is 10. The van der Waals surface area contributed by atoms with Gasteiger partial charge in [-0.2, -0.15) is 0 Å². The van der Waals surface area contributed by atoms with Gasteiger partial charge >= 0.3 is 11.9 Å². The Morgan fingerprint density at radius 3 is 1.03 bits per heavy atom. The Kier molecular flexibility index (Phi) is 43.6. The Balaban J connectivity index is 4.88. The number of ether oxygens (including phenoxy) is 6. The minimum absolute atomic E-state index is 0.180.